The normalized spacial score (nSPS) is 18.2. The van der Waals surface area contributed by atoms with Crippen molar-refractivity contribution in [2.75, 3.05) is 6.54 Å². The minimum absolute atomic E-state index is 0.0525. The summed E-state index contributed by atoms with van der Waals surface area (Å²) < 4.78 is 7.69. The van der Waals surface area contributed by atoms with Gasteiger partial charge in [-0.15, -0.1) is 0 Å². The summed E-state index contributed by atoms with van der Waals surface area (Å²) in [6, 6.07) is 7.89. The molecule has 2 aromatic rings. The van der Waals surface area contributed by atoms with Crippen molar-refractivity contribution in [2.45, 2.75) is 51.7 Å². The second kappa shape index (κ2) is 7.72. The maximum Gasteiger partial charge on any atom is 0.255 e. The molecule has 0 N–H and O–H groups in total. The Bertz CT molecular complexity index is 706. The molecule has 0 saturated carbocycles. The van der Waals surface area contributed by atoms with E-state index in [9.17, 15) is 4.79 Å². The van der Waals surface area contributed by atoms with Gasteiger partial charge in [-0.3, -0.25) is 4.79 Å². The molecular weight excluding hydrogens is 314 g/mol. The van der Waals surface area contributed by atoms with Crippen molar-refractivity contribution in [3.05, 3.63) is 47.9 Å². The van der Waals surface area contributed by atoms with Crippen LogP contribution in [0.4, 0.5) is 0 Å². The number of carbonyl (C=O) groups is 1. The lowest BCUT2D eigenvalue weighted by Crippen LogP contribution is -2.35. The number of amides is 1. The molecular formula is C20H27N3O2. The second-order valence-corrected chi connectivity index (χ2v) is 6.96. The molecule has 5 heteroatoms. The molecule has 3 rings (SSSR count). The number of nitrogens with zero attached hydrogens (tertiary/aromatic N) is 3. The maximum atomic E-state index is 13.1. The summed E-state index contributed by atoms with van der Waals surface area (Å²) in [6.45, 7) is 4.71. The van der Waals surface area contributed by atoms with Crippen LogP contribution in [0.25, 0.3) is 0 Å². The summed E-state index contributed by atoms with van der Waals surface area (Å²) in [4.78, 5) is 19.4. The number of hydrogen-bond acceptors (Lipinski definition) is 3. The molecule has 0 spiro atoms. The van der Waals surface area contributed by atoms with Crippen LogP contribution in [-0.2, 0) is 7.05 Å². The zero-order valence-corrected chi connectivity index (χ0v) is 15.3. The summed E-state index contributed by atoms with van der Waals surface area (Å²) in [6.07, 6.45) is 8.13. The van der Waals surface area contributed by atoms with Crippen LogP contribution in [0.1, 0.15) is 61.6 Å². The summed E-state index contributed by atoms with van der Waals surface area (Å²) in [5.41, 5.74) is 1.82. The molecule has 0 aliphatic carbocycles. The molecule has 25 heavy (non-hydrogen) atoms. The molecule has 1 amide bonds. The third-order valence-corrected chi connectivity index (χ3v) is 4.68. The number of hydrogen-bond donors (Lipinski definition) is 0. The first-order chi connectivity index (χ1) is 12.1. The second-order valence-electron chi connectivity index (χ2n) is 6.96. The summed E-state index contributed by atoms with van der Waals surface area (Å²) in [5.74, 6) is 0.609. The van der Waals surface area contributed by atoms with Gasteiger partial charge in [-0.25, -0.2) is 4.98 Å². The van der Waals surface area contributed by atoms with Gasteiger partial charge >= 0.3 is 0 Å². The molecule has 1 atom stereocenters. The zero-order valence-electron chi connectivity index (χ0n) is 15.3. The van der Waals surface area contributed by atoms with Gasteiger partial charge in [-0.05, 0) is 44.9 Å². The van der Waals surface area contributed by atoms with E-state index < -0.39 is 0 Å². The number of likely N-dealkylation sites (tertiary alicyclic amines) is 1. The fourth-order valence-electron chi connectivity index (χ4n) is 3.46. The molecule has 1 aliphatic rings. The molecule has 0 bridgehead atoms. The monoisotopic (exact) mass is 341 g/mol. The van der Waals surface area contributed by atoms with Gasteiger partial charge in [0.1, 0.15) is 0 Å². The van der Waals surface area contributed by atoms with E-state index >= 15 is 0 Å². The maximum absolute atomic E-state index is 13.1. The van der Waals surface area contributed by atoms with Crippen LogP contribution in [-0.4, -0.2) is 33.0 Å². The molecule has 3 heterocycles. The van der Waals surface area contributed by atoms with Crippen LogP contribution in [0.15, 0.2) is 36.7 Å². The Morgan fingerprint density at radius 1 is 1.24 bits per heavy atom. The average molecular weight is 341 g/mol. The van der Waals surface area contributed by atoms with E-state index in [1.54, 1.807) is 12.3 Å². The fraction of sp³-hybridized carbons (Fsp3) is 0.500. The number of carbonyl (C=O) groups excluding carboxylic acids is 1. The van der Waals surface area contributed by atoms with Crippen molar-refractivity contribution >= 4 is 5.91 Å². The van der Waals surface area contributed by atoms with Crippen LogP contribution in [0.2, 0.25) is 0 Å². The van der Waals surface area contributed by atoms with Crippen molar-refractivity contribution in [1.82, 2.24) is 14.5 Å². The van der Waals surface area contributed by atoms with Gasteiger partial charge in [0.2, 0.25) is 5.88 Å². The highest BCUT2D eigenvalue weighted by atomic mass is 16.5. The summed E-state index contributed by atoms with van der Waals surface area (Å²) >= 11 is 0. The molecule has 1 aliphatic heterocycles. The van der Waals surface area contributed by atoms with Crippen LogP contribution in [0, 0.1) is 0 Å². The SMILES string of the molecule is CC(C)Oc1ccc(C(=O)N2CCCCC[C@@H]2c2cccn2C)cn1. The Morgan fingerprint density at radius 2 is 2.08 bits per heavy atom. The minimum atomic E-state index is 0.0525. The smallest absolute Gasteiger partial charge is 0.255 e. The van der Waals surface area contributed by atoms with Crippen molar-refractivity contribution in [3.63, 3.8) is 0 Å². The first-order valence-electron chi connectivity index (χ1n) is 9.11. The molecule has 134 valence electrons. The highest BCUT2D eigenvalue weighted by Crippen LogP contribution is 2.31. The van der Waals surface area contributed by atoms with Crippen LogP contribution < -0.4 is 4.74 Å². The quantitative estimate of drug-likeness (QED) is 0.845. The van der Waals surface area contributed by atoms with Crippen LogP contribution >= 0.6 is 0 Å². The van der Waals surface area contributed by atoms with Gasteiger partial charge < -0.3 is 14.2 Å². The summed E-state index contributed by atoms with van der Waals surface area (Å²) in [5, 5.41) is 0. The van der Waals surface area contributed by atoms with Gasteiger partial charge in [0, 0.05) is 37.7 Å². The van der Waals surface area contributed by atoms with Crippen molar-refractivity contribution < 1.29 is 9.53 Å². The van der Waals surface area contributed by atoms with Gasteiger partial charge in [0.15, 0.2) is 0 Å². The van der Waals surface area contributed by atoms with E-state index in [4.69, 9.17) is 4.74 Å². The summed E-state index contributed by atoms with van der Waals surface area (Å²) in [7, 11) is 2.04. The molecule has 1 fully saturated rings. The van der Waals surface area contributed by atoms with E-state index in [1.165, 1.54) is 12.1 Å². The first-order valence-corrected chi connectivity index (χ1v) is 9.11. The van der Waals surface area contributed by atoms with E-state index in [2.05, 4.69) is 15.6 Å². The molecule has 1 saturated heterocycles. The van der Waals surface area contributed by atoms with Gasteiger partial charge in [0.25, 0.3) is 5.91 Å². The number of rotatable bonds is 4. The number of aryl methyl sites for hydroxylation is 1. The highest BCUT2D eigenvalue weighted by Gasteiger charge is 2.29. The standard InChI is InChI=1S/C20H27N3O2/c1-15(2)25-19-11-10-16(14-21-19)20(24)23-13-6-4-5-8-18(23)17-9-7-12-22(17)3/h7,9-12,14-15,18H,4-6,8,13H2,1-3H3/t18-/m1/s1. The molecule has 0 radical (unpaired) electrons. The minimum Gasteiger partial charge on any atom is -0.475 e. The predicted octanol–water partition coefficient (Wildman–Crippen LogP) is 3.96. The predicted molar refractivity (Wildman–Crippen MR) is 97.7 cm³/mol. The molecule has 0 aromatic carbocycles. The molecule has 5 nitrogen and oxygen atoms in total. The van der Waals surface area contributed by atoms with Crippen molar-refractivity contribution in [3.8, 4) is 5.88 Å². The lowest BCUT2D eigenvalue weighted by atomic mass is 10.1. The third-order valence-electron chi connectivity index (χ3n) is 4.68. The Balaban J connectivity index is 1.83. The Morgan fingerprint density at radius 3 is 2.72 bits per heavy atom. The lowest BCUT2D eigenvalue weighted by Gasteiger charge is -2.30. The Labute approximate surface area is 149 Å². The Kier molecular flexibility index (Phi) is 5.41. The van der Waals surface area contributed by atoms with E-state index in [1.807, 2.05) is 44.1 Å². The average Bonchev–Trinajstić information content (AvgIpc) is 2.87. The fourth-order valence-corrected chi connectivity index (χ4v) is 3.46. The number of ether oxygens (including phenoxy) is 1. The largest absolute Gasteiger partial charge is 0.475 e. The molecule has 0 unspecified atom stereocenters. The topological polar surface area (TPSA) is 47.4 Å². The van der Waals surface area contributed by atoms with Gasteiger partial charge in [0.05, 0.1) is 17.7 Å². The van der Waals surface area contributed by atoms with Crippen molar-refractivity contribution in [2.24, 2.45) is 7.05 Å². The van der Waals surface area contributed by atoms with Gasteiger partial charge in [-0.2, -0.15) is 0 Å². The van der Waals surface area contributed by atoms with Crippen LogP contribution in [0.5, 0.6) is 5.88 Å². The van der Waals surface area contributed by atoms with Crippen LogP contribution in [0.3, 0.4) is 0 Å². The Hall–Kier alpha value is -2.30. The van der Waals surface area contributed by atoms with E-state index in [0.29, 0.717) is 11.4 Å². The first kappa shape index (κ1) is 17.5. The molecule has 2 aromatic heterocycles. The van der Waals surface area contributed by atoms with E-state index in [-0.39, 0.29) is 18.1 Å². The number of pyridine rings is 1. The van der Waals surface area contributed by atoms with Crippen molar-refractivity contribution in [1.29, 1.82) is 0 Å². The third kappa shape index (κ3) is 4.03. The van der Waals surface area contributed by atoms with E-state index in [0.717, 1.165) is 25.8 Å². The zero-order chi connectivity index (χ0) is 17.8. The van der Waals surface area contributed by atoms with Gasteiger partial charge in [-0.1, -0.05) is 12.8 Å². The lowest BCUT2D eigenvalue weighted by molar-refractivity contribution is 0.0674. The highest BCUT2D eigenvalue weighted by molar-refractivity contribution is 5.94. The number of aromatic nitrogens is 2.